The Labute approximate surface area is 118 Å². The standard InChI is InChI=1S/C14H26N2O2S/c1-17-19(3,18-2)9-5-8-16-12-14-7-4-6-13(10-14)11-15/h4,6-7,10,16H,5,8-9,11-12,15H2,1-3H3. The number of nitrogens with two attached hydrogens (primary N) is 1. The summed E-state index contributed by atoms with van der Waals surface area (Å²) >= 11 is 0. The van der Waals surface area contributed by atoms with Crippen molar-refractivity contribution in [2.75, 3.05) is 32.8 Å². The molecule has 1 aromatic rings. The van der Waals surface area contributed by atoms with Gasteiger partial charge in [-0.3, -0.25) is 8.37 Å². The van der Waals surface area contributed by atoms with Gasteiger partial charge in [-0.05, 0) is 24.1 Å². The largest absolute Gasteiger partial charge is 0.326 e. The maximum absolute atomic E-state index is 5.63. The Hall–Kier alpha value is -0.590. The van der Waals surface area contributed by atoms with Crippen LogP contribution in [0.4, 0.5) is 0 Å². The first-order valence-electron chi connectivity index (χ1n) is 6.49. The molecule has 19 heavy (non-hydrogen) atoms. The van der Waals surface area contributed by atoms with Gasteiger partial charge in [0.2, 0.25) is 0 Å². The quantitative estimate of drug-likeness (QED) is 0.683. The predicted molar refractivity (Wildman–Crippen MR) is 83.1 cm³/mol. The van der Waals surface area contributed by atoms with Gasteiger partial charge in [0.05, 0.1) is 14.2 Å². The fourth-order valence-corrected chi connectivity index (χ4v) is 2.93. The third-order valence-electron chi connectivity index (χ3n) is 3.13. The van der Waals surface area contributed by atoms with E-state index in [0.29, 0.717) is 6.54 Å². The molecule has 0 aliphatic carbocycles. The molecule has 5 heteroatoms. The van der Waals surface area contributed by atoms with E-state index in [0.717, 1.165) is 25.3 Å². The lowest BCUT2D eigenvalue weighted by molar-refractivity contribution is 0.350. The van der Waals surface area contributed by atoms with Gasteiger partial charge >= 0.3 is 0 Å². The third kappa shape index (κ3) is 5.93. The van der Waals surface area contributed by atoms with Crippen LogP contribution >= 0.6 is 10.6 Å². The molecule has 0 atom stereocenters. The van der Waals surface area contributed by atoms with Crippen LogP contribution in [0, 0.1) is 0 Å². The lowest BCUT2D eigenvalue weighted by Crippen LogP contribution is -2.18. The number of nitrogens with one attached hydrogen (secondary N) is 1. The number of benzene rings is 1. The lowest BCUT2D eigenvalue weighted by atomic mass is 10.1. The summed E-state index contributed by atoms with van der Waals surface area (Å²) in [5, 5.41) is 3.44. The van der Waals surface area contributed by atoms with Crippen molar-refractivity contribution in [3.05, 3.63) is 35.4 Å². The van der Waals surface area contributed by atoms with Crippen LogP contribution in [0.3, 0.4) is 0 Å². The Morgan fingerprint density at radius 2 is 1.89 bits per heavy atom. The Morgan fingerprint density at radius 3 is 2.53 bits per heavy atom. The Bertz CT molecular complexity index is 370. The van der Waals surface area contributed by atoms with E-state index in [-0.39, 0.29) is 0 Å². The molecule has 0 heterocycles. The smallest absolute Gasteiger partial charge is 0.0603 e. The van der Waals surface area contributed by atoms with Crippen molar-refractivity contribution in [1.82, 2.24) is 5.32 Å². The van der Waals surface area contributed by atoms with Gasteiger partial charge in [0, 0.05) is 25.1 Å². The van der Waals surface area contributed by atoms with Gasteiger partial charge in [-0.25, -0.2) is 0 Å². The second-order valence-electron chi connectivity index (χ2n) is 4.52. The van der Waals surface area contributed by atoms with Crippen LogP contribution in [0.1, 0.15) is 17.5 Å². The minimum Gasteiger partial charge on any atom is -0.326 e. The number of rotatable bonds is 9. The van der Waals surface area contributed by atoms with Crippen molar-refractivity contribution in [3.63, 3.8) is 0 Å². The van der Waals surface area contributed by atoms with Gasteiger partial charge in [0.15, 0.2) is 0 Å². The van der Waals surface area contributed by atoms with Crippen molar-refractivity contribution in [2.45, 2.75) is 19.5 Å². The molecule has 110 valence electrons. The second-order valence-corrected chi connectivity index (χ2v) is 7.44. The van der Waals surface area contributed by atoms with Gasteiger partial charge in [-0.2, -0.15) is 10.6 Å². The van der Waals surface area contributed by atoms with E-state index >= 15 is 0 Å². The summed E-state index contributed by atoms with van der Waals surface area (Å²) in [7, 11) is 2.10. The van der Waals surface area contributed by atoms with Gasteiger partial charge in [-0.15, -0.1) is 0 Å². The Morgan fingerprint density at radius 1 is 1.21 bits per heavy atom. The fourth-order valence-electron chi connectivity index (χ4n) is 1.79. The van der Waals surface area contributed by atoms with Gasteiger partial charge in [-0.1, -0.05) is 24.3 Å². The van der Waals surface area contributed by atoms with Gasteiger partial charge in [0.25, 0.3) is 0 Å². The van der Waals surface area contributed by atoms with E-state index in [1.807, 2.05) is 6.26 Å². The SMILES string of the molecule is COS(C)(CCCNCc1cccc(CN)c1)OC. The zero-order chi connectivity index (χ0) is 14.1. The van der Waals surface area contributed by atoms with Crippen LogP contribution in [0.25, 0.3) is 0 Å². The average molecular weight is 286 g/mol. The molecule has 3 N–H and O–H groups in total. The van der Waals surface area contributed by atoms with Crippen molar-refractivity contribution in [3.8, 4) is 0 Å². The first-order chi connectivity index (χ1) is 9.13. The first-order valence-corrected chi connectivity index (χ1v) is 8.55. The molecule has 0 spiro atoms. The van der Waals surface area contributed by atoms with Crippen LogP contribution in [0.5, 0.6) is 0 Å². The molecule has 1 aromatic carbocycles. The molecular weight excluding hydrogens is 260 g/mol. The fraction of sp³-hybridized carbons (Fsp3) is 0.571. The minimum absolute atomic E-state index is 0.594. The molecule has 0 unspecified atom stereocenters. The van der Waals surface area contributed by atoms with Crippen LogP contribution < -0.4 is 11.1 Å². The molecule has 0 amide bonds. The summed E-state index contributed by atoms with van der Waals surface area (Å²) in [5.74, 6) is 0.954. The number of hydrogen-bond donors (Lipinski definition) is 2. The summed E-state index contributed by atoms with van der Waals surface area (Å²) in [6.07, 6.45) is 3.09. The van der Waals surface area contributed by atoms with Gasteiger partial charge < -0.3 is 11.1 Å². The van der Waals surface area contributed by atoms with Crippen LogP contribution in [0.15, 0.2) is 24.3 Å². The van der Waals surface area contributed by atoms with E-state index in [1.54, 1.807) is 14.2 Å². The van der Waals surface area contributed by atoms with Crippen molar-refractivity contribution in [2.24, 2.45) is 5.73 Å². The zero-order valence-electron chi connectivity index (χ0n) is 12.1. The molecular formula is C14H26N2O2S. The third-order valence-corrected chi connectivity index (χ3v) is 5.57. The molecule has 0 bridgehead atoms. The maximum Gasteiger partial charge on any atom is 0.0603 e. The topological polar surface area (TPSA) is 56.5 Å². The highest BCUT2D eigenvalue weighted by molar-refractivity contribution is 8.25. The highest BCUT2D eigenvalue weighted by Gasteiger charge is 2.10. The monoisotopic (exact) mass is 286 g/mol. The summed E-state index contributed by atoms with van der Waals surface area (Å²) in [5.41, 5.74) is 8.08. The molecule has 0 saturated carbocycles. The molecule has 0 aliphatic rings. The molecule has 0 aliphatic heterocycles. The lowest BCUT2D eigenvalue weighted by Gasteiger charge is -2.36. The molecule has 4 nitrogen and oxygen atoms in total. The van der Waals surface area contributed by atoms with Crippen LogP contribution in [0.2, 0.25) is 0 Å². The Balaban J connectivity index is 2.23. The maximum atomic E-state index is 5.63. The molecule has 0 fully saturated rings. The summed E-state index contributed by atoms with van der Waals surface area (Å²) in [6.45, 7) is 2.43. The van der Waals surface area contributed by atoms with E-state index in [9.17, 15) is 0 Å². The Kier molecular flexibility index (Phi) is 7.41. The first kappa shape index (κ1) is 16.5. The molecule has 0 saturated heterocycles. The normalized spacial score (nSPS) is 12.6. The summed E-state index contributed by atoms with van der Waals surface area (Å²) < 4.78 is 10.8. The van der Waals surface area contributed by atoms with Crippen molar-refractivity contribution in [1.29, 1.82) is 0 Å². The predicted octanol–water partition coefficient (Wildman–Crippen LogP) is 2.18. The van der Waals surface area contributed by atoms with Crippen molar-refractivity contribution < 1.29 is 8.37 Å². The summed E-state index contributed by atoms with van der Waals surface area (Å²) in [6, 6.07) is 8.37. The molecule has 1 rings (SSSR count). The van der Waals surface area contributed by atoms with Crippen LogP contribution in [-0.4, -0.2) is 32.8 Å². The van der Waals surface area contributed by atoms with Crippen molar-refractivity contribution >= 4 is 10.6 Å². The van der Waals surface area contributed by atoms with E-state index in [2.05, 4.69) is 29.6 Å². The van der Waals surface area contributed by atoms with E-state index in [1.165, 1.54) is 11.1 Å². The van der Waals surface area contributed by atoms with Gasteiger partial charge in [0.1, 0.15) is 0 Å². The van der Waals surface area contributed by atoms with Crippen LogP contribution in [-0.2, 0) is 21.5 Å². The molecule has 0 radical (unpaired) electrons. The molecule has 0 aromatic heterocycles. The van der Waals surface area contributed by atoms with E-state index < -0.39 is 10.6 Å². The average Bonchev–Trinajstić information content (AvgIpc) is 2.47. The number of hydrogen-bond acceptors (Lipinski definition) is 4. The van der Waals surface area contributed by atoms with E-state index in [4.69, 9.17) is 14.1 Å². The highest BCUT2D eigenvalue weighted by Crippen LogP contribution is 2.44. The minimum atomic E-state index is -1.33. The zero-order valence-corrected chi connectivity index (χ0v) is 13.0. The second kappa shape index (κ2) is 8.55. The summed E-state index contributed by atoms with van der Waals surface area (Å²) in [4.78, 5) is 0. The highest BCUT2D eigenvalue weighted by atomic mass is 32.3.